The fourth-order valence-corrected chi connectivity index (χ4v) is 6.49. The Morgan fingerprint density at radius 3 is 2.23 bits per heavy atom. The standard InChI is InChI=1S/C31H33ClF2N2O3S/c1-8-21-24(34)15-20(16-26(21)40(7,38)39)19-12-13-25(18(2)14-19)36-17-27(31(5,6)37)35-29(36)30(3,4)28-22(32)10-9-11-23(28)33/h9-17,37H,8H2,1-7H3. The predicted octanol–water partition coefficient (Wildman–Crippen LogP) is 7.30. The number of imidazole rings is 1. The second-order valence-corrected chi connectivity index (χ2v) is 13.6. The van der Waals surface area contributed by atoms with Crippen molar-refractivity contribution in [1.82, 2.24) is 9.55 Å². The van der Waals surface area contributed by atoms with Gasteiger partial charge in [-0.1, -0.05) is 30.7 Å². The molecule has 1 heterocycles. The molecule has 4 rings (SSSR count). The number of hydrogen-bond donors (Lipinski definition) is 1. The molecular weight excluding hydrogens is 554 g/mol. The van der Waals surface area contributed by atoms with Crippen LogP contribution in [0.15, 0.2) is 59.6 Å². The maximum absolute atomic E-state index is 15.1. The minimum absolute atomic E-state index is 0.0260. The minimum atomic E-state index is -3.64. The number of sulfone groups is 1. The first-order valence-corrected chi connectivity index (χ1v) is 15.1. The highest BCUT2D eigenvalue weighted by atomic mass is 35.5. The lowest BCUT2D eigenvalue weighted by Crippen LogP contribution is -2.26. The smallest absolute Gasteiger partial charge is 0.175 e. The van der Waals surface area contributed by atoms with E-state index < -0.39 is 32.5 Å². The summed E-state index contributed by atoms with van der Waals surface area (Å²) in [4.78, 5) is 4.72. The van der Waals surface area contributed by atoms with Gasteiger partial charge in [0.05, 0.1) is 16.0 Å². The van der Waals surface area contributed by atoms with Crippen LogP contribution in [-0.2, 0) is 27.3 Å². The van der Waals surface area contributed by atoms with E-state index in [0.717, 1.165) is 11.8 Å². The lowest BCUT2D eigenvalue weighted by molar-refractivity contribution is 0.0740. The summed E-state index contributed by atoms with van der Waals surface area (Å²) in [6.07, 6.45) is 3.04. The topological polar surface area (TPSA) is 72.2 Å². The van der Waals surface area contributed by atoms with Crippen LogP contribution in [-0.4, -0.2) is 29.3 Å². The summed E-state index contributed by atoms with van der Waals surface area (Å²) < 4.78 is 56.6. The third-order valence-corrected chi connectivity index (χ3v) is 8.65. The Hall–Kier alpha value is -3.07. The molecule has 0 spiro atoms. The third kappa shape index (κ3) is 5.45. The predicted molar refractivity (Wildman–Crippen MR) is 155 cm³/mol. The van der Waals surface area contributed by atoms with Gasteiger partial charge in [-0.15, -0.1) is 0 Å². The lowest BCUT2D eigenvalue weighted by atomic mass is 9.83. The van der Waals surface area contributed by atoms with Crippen molar-refractivity contribution in [3.63, 3.8) is 0 Å². The van der Waals surface area contributed by atoms with E-state index in [2.05, 4.69) is 0 Å². The number of benzene rings is 3. The highest BCUT2D eigenvalue weighted by Gasteiger charge is 2.36. The molecule has 0 atom stereocenters. The number of hydrogen-bond acceptors (Lipinski definition) is 4. The average molecular weight is 587 g/mol. The third-order valence-electron chi connectivity index (χ3n) is 7.18. The number of aryl methyl sites for hydroxylation is 1. The Balaban J connectivity index is 1.92. The lowest BCUT2D eigenvalue weighted by Gasteiger charge is -2.28. The van der Waals surface area contributed by atoms with Crippen molar-refractivity contribution in [2.24, 2.45) is 0 Å². The molecule has 3 aromatic carbocycles. The molecule has 0 saturated carbocycles. The first kappa shape index (κ1) is 29.9. The van der Waals surface area contributed by atoms with E-state index in [0.29, 0.717) is 28.3 Å². The Bertz CT molecular complexity index is 1700. The Labute approximate surface area is 239 Å². The molecule has 0 saturated heterocycles. The largest absolute Gasteiger partial charge is 0.384 e. The molecule has 0 bridgehead atoms. The zero-order valence-corrected chi connectivity index (χ0v) is 25.2. The van der Waals surface area contributed by atoms with Crippen LogP contribution in [0.1, 0.15) is 62.8 Å². The van der Waals surface area contributed by atoms with Gasteiger partial charge in [0.1, 0.15) is 23.1 Å². The maximum atomic E-state index is 15.1. The molecule has 0 aliphatic carbocycles. The highest BCUT2D eigenvalue weighted by Crippen LogP contribution is 2.40. The monoisotopic (exact) mass is 586 g/mol. The molecule has 1 N–H and O–H groups in total. The Morgan fingerprint density at radius 2 is 1.68 bits per heavy atom. The SMILES string of the molecule is CCc1c(F)cc(-c2ccc(-n3cc(C(C)(C)O)nc3C(C)(C)c3c(F)cccc3Cl)c(C)c2)cc1S(C)(=O)=O. The van der Waals surface area contributed by atoms with Crippen molar-refractivity contribution in [2.75, 3.05) is 6.26 Å². The maximum Gasteiger partial charge on any atom is 0.175 e. The van der Waals surface area contributed by atoms with Gasteiger partial charge in [-0.3, -0.25) is 0 Å². The van der Waals surface area contributed by atoms with Gasteiger partial charge < -0.3 is 9.67 Å². The van der Waals surface area contributed by atoms with E-state index in [1.54, 1.807) is 49.7 Å². The zero-order valence-electron chi connectivity index (χ0n) is 23.6. The molecule has 1 aromatic heterocycles. The molecule has 0 aliphatic rings. The molecule has 4 aromatic rings. The number of rotatable bonds is 7. The molecule has 9 heteroatoms. The van der Waals surface area contributed by atoms with E-state index in [4.69, 9.17) is 16.6 Å². The van der Waals surface area contributed by atoms with Crippen molar-refractivity contribution in [2.45, 2.75) is 63.9 Å². The van der Waals surface area contributed by atoms with Crippen LogP contribution in [0, 0.1) is 18.6 Å². The summed E-state index contributed by atoms with van der Waals surface area (Å²) in [7, 11) is -3.64. The molecule has 0 unspecified atom stereocenters. The zero-order chi connectivity index (χ0) is 29.8. The molecule has 212 valence electrons. The summed E-state index contributed by atoms with van der Waals surface area (Å²) >= 11 is 6.46. The van der Waals surface area contributed by atoms with Crippen LogP contribution in [0.2, 0.25) is 5.02 Å². The van der Waals surface area contributed by atoms with Crippen LogP contribution in [0.5, 0.6) is 0 Å². The molecule has 0 fully saturated rings. The van der Waals surface area contributed by atoms with Gasteiger partial charge in [0.2, 0.25) is 0 Å². The number of halogens is 3. The van der Waals surface area contributed by atoms with E-state index in [9.17, 15) is 17.9 Å². The van der Waals surface area contributed by atoms with E-state index in [1.807, 2.05) is 32.9 Å². The molecule has 0 radical (unpaired) electrons. The van der Waals surface area contributed by atoms with E-state index in [-0.39, 0.29) is 27.5 Å². The minimum Gasteiger partial charge on any atom is -0.384 e. The van der Waals surface area contributed by atoms with Crippen LogP contribution in [0.25, 0.3) is 16.8 Å². The summed E-state index contributed by atoms with van der Waals surface area (Å²) in [6.45, 7) is 10.5. The van der Waals surface area contributed by atoms with Gasteiger partial charge in [-0.25, -0.2) is 22.2 Å². The first-order chi connectivity index (χ1) is 18.5. The van der Waals surface area contributed by atoms with Crippen LogP contribution in [0.3, 0.4) is 0 Å². The summed E-state index contributed by atoms with van der Waals surface area (Å²) in [6, 6.07) is 12.8. The number of aromatic nitrogens is 2. The first-order valence-electron chi connectivity index (χ1n) is 12.9. The fourth-order valence-electron chi connectivity index (χ4n) is 5.06. The molecular formula is C31H33ClF2N2O3S. The van der Waals surface area contributed by atoms with E-state index >= 15 is 4.39 Å². The fraction of sp³-hybridized carbons (Fsp3) is 0.323. The van der Waals surface area contributed by atoms with Crippen LogP contribution >= 0.6 is 11.6 Å². The number of nitrogens with zero attached hydrogens (tertiary/aromatic N) is 2. The van der Waals surface area contributed by atoms with Gasteiger partial charge in [-0.05, 0) is 94.1 Å². The second kappa shape index (κ2) is 10.4. The van der Waals surface area contributed by atoms with Gasteiger partial charge in [0.15, 0.2) is 9.84 Å². The number of aliphatic hydroxyl groups is 1. The molecule has 5 nitrogen and oxygen atoms in total. The normalized spacial score (nSPS) is 12.7. The van der Waals surface area contributed by atoms with Crippen molar-refractivity contribution in [1.29, 1.82) is 0 Å². The van der Waals surface area contributed by atoms with Gasteiger partial charge in [0.25, 0.3) is 0 Å². The summed E-state index contributed by atoms with van der Waals surface area (Å²) in [5, 5.41) is 11.0. The van der Waals surface area contributed by atoms with Gasteiger partial charge >= 0.3 is 0 Å². The Morgan fingerprint density at radius 1 is 1.00 bits per heavy atom. The molecule has 0 aliphatic heterocycles. The van der Waals surface area contributed by atoms with Gasteiger partial charge in [-0.2, -0.15) is 0 Å². The van der Waals surface area contributed by atoms with Crippen molar-refractivity contribution in [3.05, 3.63) is 99.6 Å². The second-order valence-electron chi connectivity index (χ2n) is 11.2. The molecule has 0 amide bonds. The summed E-state index contributed by atoms with van der Waals surface area (Å²) in [5.74, 6) is -0.578. The van der Waals surface area contributed by atoms with Crippen LogP contribution < -0.4 is 0 Å². The average Bonchev–Trinajstić information content (AvgIpc) is 3.29. The molecule has 40 heavy (non-hydrogen) atoms. The van der Waals surface area contributed by atoms with Crippen molar-refractivity contribution < 1.29 is 22.3 Å². The van der Waals surface area contributed by atoms with Crippen molar-refractivity contribution in [3.8, 4) is 16.8 Å². The van der Waals surface area contributed by atoms with Gasteiger partial charge in [0, 0.05) is 34.3 Å². The Kier molecular flexibility index (Phi) is 7.77. The quantitative estimate of drug-likeness (QED) is 0.247. The van der Waals surface area contributed by atoms with Crippen molar-refractivity contribution >= 4 is 21.4 Å². The summed E-state index contributed by atoms with van der Waals surface area (Å²) in [5.41, 5.74) is 1.10. The highest BCUT2D eigenvalue weighted by molar-refractivity contribution is 7.90. The van der Waals surface area contributed by atoms with Crippen LogP contribution in [0.4, 0.5) is 8.78 Å². The van der Waals surface area contributed by atoms with E-state index in [1.165, 1.54) is 18.2 Å².